The minimum atomic E-state index is -4.47. The number of nitrogens with one attached hydrogen (secondary N) is 2. The molecule has 0 aliphatic carbocycles. The van der Waals surface area contributed by atoms with Crippen LogP contribution in [0.1, 0.15) is 37.7 Å². The number of aliphatic imine (C=N–C) groups is 1. The molecule has 1 fully saturated rings. The van der Waals surface area contributed by atoms with E-state index in [-0.39, 0.29) is 17.0 Å². The highest BCUT2D eigenvalue weighted by atomic mass is 35.5. The molecule has 168 valence electrons. The normalized spacial score (nSPS) is 17.2. The fourth-order valence-corrected chi connectivity index (χ4v) is 3.44. The average molecular weight is 450 g/mol. The van der Waals surface area contributed by atoms with Crippen LogP contribution >= 0.6 is 11.6 Å². The summed E-state index contributed by atoms with van der Waals surface area (Å²) in [7, 11) is 3.05. The highest BCUT2D eigenvalue weighted by molar-refractivity contribution is 6.33. The minimum absolute atomic E-state index is 0.0139. The number of alkyl halides is 3. The molecule has 1 aliphatic rings. The Labute approximate surface area is 179 Å². The van der Waals surface area contributed by atoms with Gasteiger partial charge in [-0.2, -0.15) is 13.2 Å². The Morgan fingerprint density at radius 2 is 2.17 bits per heavy atom. The number of carbonyl (C=O) groups excluding carboxylic acids is 1. The van der Waals surface area contributed by atoms with Crippen LogP contribution in [0.4, 0.5) is 19.0 Å². The lowest BCUT2D eigenvalue weighted by atomic mass is 10.2. The number of ether oxygens (including phenoxy) is 1. The summed E-state index contributed by atoms with van der Waals surface area (Å²) in [6.07, 6.45) is 0.0952. The number of hydrogen-bond donors (Lipinski definition) is 2. The van der Waals surface area contributed by atoms with Crippen molar-refractivity contribution in [1.82, 2.24) is 15.6 Å². The van der Waals surface area contributed by atoms with Crippen molar-refractivity contribution >= 4 is 29.3 Å². The molecule has 30 heavy (non-hydrogen) atoms. The summed E-state index contributed by atoms with van der Waals surface area (Å²) in [5.41, 5.74) is -0.860. The molecule has 1 unspecified atom stereocenters. The minimum Gasteiger partial charge on any atom is -0.469 e. The molecule has 1 aliphatic heterocycles. The number of unbranched alkanes of at least 4 members (excludes halogenated alkanes) is 2. The molecule has 2 N–H and O–H groups in total. The van der Waals surface area contributed by atoms with Crippen molar-refractivity contribution in [2.75, 3.05) is 38.7 Å². The van der Waals surface area contributed by atoms with E-state index in [2.05, 4.69) is 25.3 Å². The van der Waals surface area contributed by atoms with Crippen molar-refractivity contribution in [3.05, 3.63) is 22.8 Å². The molecule has 1 aromatic heterocycles. The molecular formula is C19H27ClF3N5O2. The number of nitrogens with zero attached hydrogens (tertiary/aromatic N) is 3. The van der Waals surface area contributed by atoms with Gasteiger partial charge in [0.15, 0.2) is 5.96 Å². The number of guanidine groups is 1. The monoisotopic (exact) mass is 449 g/mol. The van der Waals surface area contributed by atoms with Crippen molar-refractivity contribution in [2.45, 2.75) is 44.3 Å². The summed E-state index contributed by atoms with van der Waals surface area (Å²) in [5.74, 6) is 0.803. The third-order valence-electron chi connectivity index (χ3n) is 4.78. The number of carbonyl (C=O) groups is 1. The smallest absolute Gasteiger partial charge is 0.417 e. The summed E-state index contributed by atoms with van der Waals surface area (Å²) in [6, 6.07) is 0.974. The van der Waals surface area contributed by atoms with Crippen molar-refractivity contribution in [2.24, 2.45) is 4.99 Å². The van der Waals surface area contributed by atoms with E-state index >= 15 is 0 Å². The molecule has 11 heteroatoms. The van der Waals surface area contributed by atoms with Crippen LogP contribution in [0.25, 0.3) is 0 Å². The third kappa shape index (κ3) is 7.23. The summed E-state index contributed by atoms with van der Waals surface area (Å²) < 4.78 is 42.9. The zero-order valence-electron chi connectivity index (χ0n) is 17.1. The van der Waals surface area contributed by atoms with Gasteiger partial charge in [0, 0.05) is 45.3 Å². The molecule has 0 amide bonds. The number of methoxy groups -OCH3 is 1. The molecule has 0 bridgehead atoms. The van der Waals surface area contributed by atoms with Crippen LogP contribution in [0.2, 0.25) is 5.02 Å². The van der Waals surface area contributed by atoms with Gasteiger partial charge in [0.05, 0.1) is 17.7 Å². The summed E-state index contributed by atoms with van der Waals surface area (Å²) >= 11 is 6.05. The lowest BCUT2D eigenvalue weighted by Gasteiger charge is -2.21. The van der Waals surface area contributed by atoms with Crippen LogP contribution < -0.4 is 15.5 Å². The second-order valence-corrected chi connectivity index (χ2v) is 7.40. The molecule has 0 aromatic carbocycles. The second kappa shape index (κ2) is 11.2. The molecule has 0 radical (unpaired) electrons. The predicted molar refractivity (Wildman–Crippen MR) is 110 cm³/mol. The van der Waals surface area contributed by atoms with E-state index in [4.69, 9.17) is 11.6 Å². The maximum atomic E-state index is 12.8. The molecule has 7 nitrogen and oxygen atoms in total. The second-order valence-electron chi connectivity index (χ2n) is 6.99. The number of rotatable bonds is 8. The number of anilines is 1. The van der Waals surface area contributed by atoms with Crippen LogP contribution in [-0.4, -0.2) is 56.7 Å². The van der Waals surface area contributed by atoms with Gasteiger partial charge in [-0.15, -0.1) is 0 Å². The lowest BCUT2D eigenvalue weighted by molar-refractivity contribution is -0.140. The molecule has 2 heterocycles. The van der Waals surface area contributed by atoms with Crippen molar-refractivity contribution in [3.8, 4) is 0 Å². The van der Waals surface area contributed by atoms with Crippen molar-refractivity contribution in [3.63, 3.8) is 0 Å². The largest absolute Gasteiger partial charge is 0.469 e. The number of aromatic nitrogens is 1. The summed E-state index contributed by atoms with van der Waals surface area (Å²) in [4.78, 5) is 21.1. The molecule has 0 saturated carbocycles. The summed E-state index contributed by atoms with van der Waals surface area (Å²) in [6.45, 7) is 1.89. The Hall–Kier alpha value is -2.23. The van der Waals surface area contributed by atoms with Gasteiger partial charge >= 0.3 is 12.1 Å². The first kappa shape index (κ1) is 24.0. The maximum absolute atomic E-state index is 12.8. The molecular weight excluding hydrogens is 423 g/mol. The lowest BCUT2D eigenvalue weighted by Crippen LogP contribution is -2.44. The van der Waals surface area contributed by atoms with Gasteiger partial charge in [-0.25, -0.2) is 4.98 Å². The van der Waals surface area contributed by atoms with Gasteiger partial charge in [0.2, 0.25) is 0 Å². The van der Waals surface area contributed by atoms with Gasteiger partial charge in [0.1, 0.15) is 5.82 Å². The standard InChI is InChI=1S/C19H27ClF3N5O2/c1-24-18(25-8-5-3-4-6-16(29)30-2)27-14-7-9-28(12-14)17-15(20)10-13(11-26-17)19(21,22)23/h10-11,14H,3-9,12H2,1-2H3,(H2,24,25,27). The van der Waals surface area contributed by atoms with Gasteiger partial charge in [-0.1, -0.05) is 18.0 Å². The van der Waals surface area contributed by atoms with Crippen LogP contribution in [-0.2, 0) is 15.7 Å². The van der Waals surface area contributed by atoms with E-state index in [1.165, 1.54) is 7.11 Å². The van der Waals surface area contributed by atoms with Crippen LogP contribution in [0, 0.1) is 0 Å². The predicted octanol–water partition coefficient (Wildman–Crippen LogP) is 3.23. The Kier molecular flexibility index (Phi) is 9.01. The number of pyridine rings is 1. The van der Waals surface area contributed by atoms with Crippen molar-refractivity contribution < 1.29 is 22.7 Å². The Morgan fingerprint density at radius 3 is 2.80 bits per heavy atom. The van der Waals surface area contributed by atoms with E-state index in [9.17, 15) is 18.0 Å². The van der Waals surface area contributed by atoms with Crippen molar-refractivity contribution in [1.29, 1.82) is 0 Å². The first-order valence-electron chi connectivity index (χ1n) is 9.76. The van der Waals surface area contributed by atoms with E-state index < -0.39 is 11.7 Å². The van der Waals surface area contributed by atoms with E-state index in [0.717, 1.165) is 37.9 Å². The van der Waals surface area contributed by atoms with Gasteiger partial charge in [-0.3, -0.25) is 9.79 Å². The van der Waals surface area contributed by atoms with Crippen LogP contribution in [0.3, 0.4) is 0 Å². The average Bonchev–Trinajstić information content (AvgIpc) is 3.16. The molecule has 2 rings (SSSR count). The molecule has 1 saturated heterocycles. The number of esters is 1. The van der Waals surface area contributed by atoms with Gasteiger partial charge in [0.25, 0.3) is 0 Å². The number of halogens is 4. The van der Waals surface area contributed by atoms with E-state index in [1.807, 2.05) is 4.90 Å². The Morgan fingerprint density at radius 1 is 1.40 bits per heavy atom. The van der Waals surface area contributed by atoms with E-state index in [1.54, 1.807) is 7.05 Å². The zero-order chi connectivity index (χ0) is 22.1. The fraction of sp³-hybridized carbons (Fsp3) is 0.632. The number of hydrogen-bond acceptors (Lipinski definition) is 5. The SMILES string of the molecule is CN=C(NCCCCCC(=O)OC)NC1CCN(c2ncc(C(F)(F)F)cc2Cl)C1. The summed E-state index contributed by atoms with van der Waals surface area (Å²) in [5, 5.41) is 6.52. The molecule has 1 aromatic rings. The highest BCUT2D eigenvalue weighted by Gasteiger charge is 2.33. The first-order chi connectivity index (χ1) is 14.2. The quantitative estimate of drug-likeness (QED) is 0.274. The topological polar surface area (TPSA) is 78.8 Å². The van der Waals surface area contributed by atoms with Crippen LogP contribution in [0.15, 0.2) is 17.3 Å². The van der Waals surface area contributed by atoms with Crippen LogP contribution in [0.5, 0.6) is 0 Å². The maximum Gasteiger partial charge on any atom is 0.417 e. The Balaban J connectivity index is 1.77. The van der Waals surface area contributed by atoms with Gasteiger partial charge < -0.3 is 20.3 Å². The third-order valence-corrected chi connectivity index (χ3v) is 5.06. The first-order valence-corrected chi connectivity index (χ1v) is 10.1. The van der Waals surface area contributed by atoms with Gasteiger partial charge in [-0.05, 0) is 25.3 Å². The fourth-order valence-electron chi connectivity index (χ4n) is 3.16. The van der Waals surface area contributed by atoms with E-state index in [0.29, 0.717) is 37.8 Å². The molecule has 1 atom stereocenters. The molecule has 0 spiro atoms. The Bertz CT molecular complexity index is 745. The zero-order valence-corrected chi connectivity index (χ0v) is 17.8. The highest BCUT2D eigenvalue weighted by Crippen LogP contribution is 2.34.